The summed E-state index contributed by atoms with van der Waals surface area (Å²) in [5.74, 6) is -0.745. The second-order valence-corrected chi connectivity index (χ2v) is 4.40. The van der Waals surface area contributed by atoms with Crippen molar-refractivity contribution in [3.8, 4) is 5.69 Å². The Balaban J connectivity index is 1.97. The van der Waals surface area contributed by atoms with Crippen LogP contribution in [0.5, 0.6) is 0 Å². The molecule has 4 nitrogen and oxygen atoms in total. The fourth-order valence-corrected chi connectivity index (χ4v) is 2.04. The van der Waals surface area contributed by atoms with Crippen LogP contribution in [0.1, 0.15) is 18.4 Å². The Kier molecular flexibility index (Phi) is 2.04. The van der Waals surface area contributed by atoms with Gasteiger partial charge in [-0.1, -0.05) is 18.2 Å². The Morgan fingerprint density at radius 2 is 2.00 bits per heavy atom. The number of nitrogens with zero attached hydrogens (tertiary/aromatic N) is 2. The van der Waals surface area contributed by atoms with Crippen LogP contribution in [0.15, 0.2) is 42.7 Å². The molecule has 1 aliphatic rings. The van der Waals surface area contributed by atoms with Crippen molar-refractivity contribution in [2.24, 2.45) is 0 Å². The van der Waals surface area contributed by atoms with Gasteiger partial charge in [-0.2, -0.15) is 5.10 Å². The van der Waals surface area contributed by atoms with Crippen molar-refractivity contribution in [3.63, 3.8) is 0 Å². The molecule has 0 bridgehead atoms. The lowest BCUT2D eigenvalue weighted by molar-refractivity contribution is -0.140. The van der Waals surface area contributed by atoms with Gasteiger partial charge in [0.05, 0.1) is 17.3 Å². The SMILES string of the molecule is O=C(O)C1(c2cnn(-c3ccccc3)c2)CC1. The topological polar surface area (TPSA) is 55.1 Å². The highest BCUT2D eigenvalue weighted by atomic mass is 16.4. The van der Waals surface area contributed by atoms with Crippen molar-refractivity contribution in [2.75, 3.05) is 0 Å². The minimum atomic E-state index is -0.745. The Bertz CT molecular complexity index is 556. The minimum absolute atomic E-state index is 0.674. The summed E-state index contributed by atoms with van der Waals surface area (Å²) < 4.78 is 1.72. The molecule has 1 aromatic carbocycles. The van der Waals surface area contributed by atoms with Gasteiger partial charge in [0.1, 0.15) is 0 Å². The zero-order valence-electron chi connectivity index (χ0n) is 9.21. The van der Waals surface area contributed by atoms with E-state index in [4.69, 9.17) is 0 Å². The van der Waals surface area contributed by atoms with E-state index in [1.165, 1.54) is 0 Å². The largest absolute Gasteiger partial charge is 0.481 e. The van der Waals surface area contributed by atoms with Crippen molar-refractivity contribution in [1.82, 2.24) is 9.78 Å². The minimum Gasteiger partial charge on any atom is -0.481 e. The molecule has 1 aliphatic carbocycles. The van der Waals surface area contributed by atoms with Gasteiger partial charge in [-0.25, -0.2) is 4.68 Å². The summed E-state index contributed by atoms with van der Waals surface area (Å²) in [4.78, 5) is 11.2. The summed E-state index contributed by atoms with van der Waals surface area (Å²) in [5, 5.41) is 13.4. The third kappa shape index (κ3) is 1.53. The molecular formula is C13H12N2O2. The van der Waals surface area contributed by atoms with Gasteiger partial charge in [-0.3, -0.25) is 4.79 Å². The molecule has 0 amide bonds. The van der Waals surface area contributed by atoms with Crippen LogP contribution in [-0.4, -0.2) is 20.9 Å². The van der Waals surface area contributed by atoms with Gasteiger partial charge < -0.3 is 5.11 Å². The Hall–Kier alpha value is -2.10. The molecule has 1 aromatic heterocycles. The van der Waals surface area contributed by atoms with Gasteiger partial charge in [0.15, 0.2) is 0 Å². The lowest BCUT2D eigenvalue weighted by Crippen LogP contribution is -2.18. The van der Waals surface area contributed by atoms with Crippen LogP contribution in [0.2, 0.25) is 0 Å². The number of benzene rings is 1. The number of carboxylic acids is 1. The molecule has 1 heterocycles. The fourth-order valence-electron chi connectivity index (χ4n) is 2.04. The predicted molar refractivity (Wildman–Crippen MR) is 62.1 cm³/mol. The standard InChI is InChI=1S/C13H12N2O2/c16-12(17)13(6-7-13)10-8-14-15(9-10)11-4-2-1-3-5-11/h1-5,8-9H,6-7H2,(H,16,17). The van der Waals surface area contributed by atoms with E-state index in [0.717, 1.165) is 11.3 Å². The summed E-state index contributed by atoms with van der Waals surface area (Å²) in [6.07, 6.45) is 4.90. The van der Waals surface area contributed by atoms with Crippen LogP contribution in [0, 0.1) is 0 Å². The van der Waals surface area contributed by atoms with Gasteiger partial charge in [0, 0.05) is 11.8 Å². The first kappa shape index (κ1) is 10.1. The molecule has 0 spiro atoms. The maximum atomic E-state index is 11.2. The quantitative estimate of drug-likeness (QED) is 0.874. The second-order valence-electron chi connectivity index (χ2n) is 4.40. The number of hydrogen-bond acceptors (Lipinski definition) is 2. The van der Waals surface area contributed by atoms with Crippen molar-refractivity contribution in [2.45, 2.75) is 18.3 Å². The van der Waals surface area contributed by atoms with Crippen LogP contribution >= 0.6 is 0 Å². The van der Waals surface area contributed by atoms with Gasteiger partial charge >= 0.3 is 5.97 Å². The fraction of sp³-hybridized carbons (Fsp3) is 0.231. The first-order valence-corrected chi connectivity index (χ1v) is 5.56. The van der Waals surface area contributed by atoms with E-state index < -0.39 is 11.4 Å². The Morgan fingerprint density at radius 3 is 2.59 bits per heavy atom. The van der Waals surface area contributed by atoms with Crippen LogP contribution in [0.25, 0.3) is 5.69 Å². The molecule has 0 aliphatic heterocycles. The average molecular weight is 228 g/mol. The molecule has 0 radical (unpaired) electrons. The van der Waals surface area contributed by atoms with Gasteiger partial charge in [-0.05, 0) is 25.0 Å². The average Bonchev–Trinajstić information content (AvgIpc) is 3.02. The third-order valence-corrected chi connectivity index (χ3v) is 3.32. The zero-order valence-corrected chi connectivity index (χ0v) is 9.21. The highest BCUT2D eigenvalue weighted by Gasteiger charge is 2.52. The molecule has 1 fully saturated rings. The maximum Gasteiger partial charge on any atom is 0.314 e. The molecule has 86 valence electrons. The Labute approximate surface area is 98.5 Å². The smallest absolute Gasteiger partial charge is 0.314 e. The summed E-state index contributed by atoms with van der Waals surface area (Å²) in [5.41, 5.74) is 1.07. The lowest BCUT2D eigenvalue weighted by Gasteiger charge is -2.05. The van der Waals surface area contributed by atoms with E-state index in [1.54, 1.807) is 10.9 Å². The number of aromatic nitrogens is 2. The summed E-state index contributed by atoms with van der Waals surface area (Å²) in [7, 11) is 0. The van der Waals surface area contributed by atoms with E-state index in [9.17, 15) is 9.90 Å². The monoisotopic (exact) mass is 228 g/mol. The van der Waals surface area contributed by atoms with Crippen LogP contribution in [0.4, 0.5) is 0 Å². The molecule has 1 N–H and O–H groups in total. The molecular weight excluding hydrogens is 216 g/mol. The van der Waals surface area contributed by atoms with E-state index >= 15 is 0 Å². The number of hydrogen-bond donors (Lipinski definition) is 1. The number of para-hydroxylation sites is 1. The van der Waals surface area contributed by atoms with E-state index in [-0.39, 0.29) is 0 Å². The van der Waals surface area contributed by atoms with Gasteiger partial charge in [-0.15, -0.1) is 0 Å². The van der Waals surface area contributed by atoms with Crippen molar-refractivity contribution in [3.05, 3.63) is 48.3 Å². The van der Waals surface area contributed by atoms with E-state index in [0.29, 0.717) is 12.8 Å². The van der Waals surface area contributed by atoms with Crippen molar-refractivity contribution in [1.29, 1.82) is 0 Å². The molecule has 3 rings (SSSR count). The number of rotatable bonds is 3. The van der Waals surface area contributed by atoms with E-state index in [1.807, 2.05) is 36.5 Å². The summed E-state index contributed by atoms with van der Waals surface area (Å²) in [6.45, 7) is 0. The lowest BCUT2D eigenvalue weighted by atomic mass is 10.0. The third-order valence-electron chi connectivity index (χ3n) is 3.32. The summed E-state index contributed by atoms with van der Waals surface area (Å²) in [6, 6.07) is 9.68. The van der Waals surface area contributed by atoms with Gasteiger partial charge in [0.2, 0.25) is 0 Å². The predicted octanol–water partition coefficient (Wildman–Crippen LogP) is 1.99. The molecule has 2 aromatic rings. The highest BCUT2D eigenvalue weighted by molar-refractivity contribution is 5.84. The van der Waals surface area contributed by atoms with Crippen LogP contribution in [-0.2, 0) is 10.2 Å². The van der Waals surface area contributed by atoms with Crippen molar-refractivity contribution >= 4 is 5.97 Å². The molecule has 0 atom stereocenters. The van der Waals surface area contributed by atoms with E-state index in [2.05, 4.69) is 5.10 Å². The number of aliphatic carboxylic acids is 1. The second kappa shape index (κ2) is 3.45. The maximum absolute atomic E-state index is 11.2. The van der Waals surface area contributed by atoms with Gasteiger partial charge in [0.25, 0.3) is 0 Å². The zero-order chi connectivity index (χ0) is 11.9. The van der Waals surface area contributed by atoms with Crippen molar-refractivity contribution < 1.29 is 9.90 Å². The number of carboxylic acid groups (broad SMARTS) is 1. The van der Waals surface area contributed by atoms with Crippen LogP contribution in [0.3, 0.4) is 0 Å². The molecule has 1 saturated carbocycles. The molecule has 17 heavy (non-hydrogen) atoms. The van der Waals surface area contributed by atoms with Crippen LogP contribution < -0.4 is 0 Å². The first-order chi connectivity index (χ1) is 8.22. The normalized spacial score (nSPS) is 16.7. The molecule has 0 saturated heterocycles. The molecule has 0 unspecified atom stereocenters. The Morgan fingerprint density at radius 1 is 1.29 bits per heavy atom. The number of carbonyl (C=O) groups is 1. The summed E-state index contributed by atoms with van der Waals surface area (Å²) >= 11 is 0. The molecule has 4 heteroatoms. The first-order valence-electron chi connectivity index (χ1n) is 5.56. The highest BCUT2D eigenvalue weighted by Crippen LogP contribution is 2.48.